The van der Waals surface area contributed by atoms with Gasteiger partial charge in [0.25, 0.3) is 0 Å². The fraction of sp³-hybridized carbons (Fsp3) is 1.00. The van der Waals surface area contributed by atoms with Crippen molar-refractivity contribution < 1.29 is 0 Å². The van der Waals surface area contributed by atoms with Gasteiger partial charge in [-0.2, -0.15) is 11.8 Å². The van der Waals surface area contributed by atoms with Crippen LogP contribution in [0.1, 0.15) is 26.7 Å². The molecule has 2 fully saturated rings. The summed E-state index contributed by atoms with van der Waals surface area (Å²) < 4.78 is 0. The molecule has 1 heterocycles. The first-order chi connectivity index (χ1) is 5.64. The smallest absolute Gasteiger partial charge is 0.0131 e. The van der Waals surface area contributed by atoms with Gasteiger partial charge in [-0.05, 0) is 41.6 Å². The third-order valence-electron chi connectivity index (χ3n) is 3.70. The highest BCUT2D eigenvalue weighted by molar-refractivity contribution is 7.99. The van der Waals surface area contributed by atoms with E-state index in [1.807, 2.05) is 0 Å². The monoisotopic (exact) mass is 185 g/mol. The maximum Gasteiger partial charge on any atom is 0.0131 e. The molecule has 0 amide bonds. The van der Waals surface area contributed by atoms with Crippen molar-refractivity contribution in [3.63, 3.8) is 0 Å². The van der Waals surface area contributed by atoms with Gasteiger partial charge in [0.05, 0.1) is 0 Å². The minimum Gasteiger partial charge on any atom is -0.327 e. The fourth-order valence-corrected chi connectivity index (χ4v) is 3.88. The predicted molar refractivity (Wildman–Crippen MR) is 55.3 cm³/mol. The van der Waals surface area contributed by atoms with E-state index in [0.717, 1.165) is 11.8 Å². The van der Waals surface area contributed by atoms with E-state index < -0.39 is 0 Å². The molecular weight excluding hydrogens is 166 g/mol. The van der Waals surface area contributed by atoms with Gasteiger partial charge >= 0.3 is 0 Å². The zero-order chi connectivity index (χ0) is 8.77. The molecule has 2 N–H and O–H groups in total. The van der Waals surface area contributed by atoms with Gasteiger partial charge in [-0.3, -0.25) is 0 Å². The quantitative estimate of drug-likeness (QED) is 0.677. The minimum absolute atomic E-state index is 0.447. The van der Waals surface area contributed by atoms with E-state index in [0.29, 0.717) is 11.5 Å². The highest BCUT2D eigenvalue weighted by Gasteiger charge is 2.58. The Hall–Kier alpha value is 0.310. The molecule has 70 valence electrons. The molecule has 3 atom stereocenters. The van der Waals surface area contributed by atoms with Gasteiger partial charge in [-0.1, -0.05) is 13.8 Å². The lowest BCUT2D eigenvalue weighted by Crippen LogP contribution is -2.17. The number of hydrogen-bond acceptors (Lipinski definition) is 2. The molecule has 2 rings (SSSR count). The van der Waals surface area contributed by atoms with Crippen LogP contribution in [0.3, 0.4) is 0 Å². The van der Waals surface area contributed by atoms with Gasteiger partial charge in [-0.25, -0.2) is 0 Å². The molecule has 0 aromatic carbocycles. The number of rotatable bonds is 1. The van der Waals surface area contributed by atoms with Gasteiger partial charge in [0.2, 0.25) is 0 Å². The highest BCUT2D eigenvalue weighted by Crippen LogP contribution is 2.56. The predicted octanol–water partition coefficient (Wildman–Crippen LogP) is 2.11. The third-order valence-corrected chi connectivity index (χ3v) is 4.94. The molecule has 1 saturated heterocycles. The van der Waals surface area contributed by atoms with E-state index in [1.165, 1.54) is 24.3 Å². The van der Waals surface area contributed by atoms with E-state index in [-0.39, 0.29) is 0 Å². The standard InChI is InChI=1S/C10H19NS/c1-10(2)8(9(10)11)7-4-3-5-12-6-7/h7-9H,3-6,11H2,1-2H3. The Morgan fingerprint density at radius 2 is 2.08 bits per heavy atom. The molecule has 1 nitrogen and oxygen atoms in total. The molecule has 2 heteroatoms. The lowest BCUT2D eigenvalue weighted by atomic mass is 9.94. The van der Waals surface area contributed by atoms with Gasteiger partial charge < -0.3 is 5.73 Å². The van der Waals surface area contributed by atoms with Crippen molar-refractivity contribution in [3.8, 4) is 0 Å². The average molecular weight is 185 g/mol. The SMILES string of the molecule is CC1(C)C(N)C1C1CCCSC1. The van der Waals surface area contributed by atoms with Crippen molar-refractivity contribution >= 4 is 11.8 Å². The Labute approximate surface area is 79.5 Å². The lowest BCUT2D eigenvalue weighted by molar-refractivity contribution is 0.396. The Kier molecular flexibility index (Phi) is 2.16. The summed E-state index contributed by atoms with van der Waals surface area (Å²) in [7, 11) is 0. The number of thioether (sulfide) groups is 1. The topological polar surface area (TPSA) is 26.0 Å². The summed E-state index contributed by atoms with van der Waals surface area (Å²) in [5.41, 5.74) is 6.51. The normalized spacial score (nSPS) is 45.8. The third kappa shape index (κ3) is 1.29. The van der Waals surface area contributed by atoms with Crippen molar-refractivity contribution in [2.24, 2.45) is 23.0 Å². The zero-order valence-electron chi connectivity index (χ0n) is 8.05. The molecule has 0 spiro atoms. The molecule has 0 radical (unpaired) electrons. The Balaban J connectivity index is 1.93. The van der Waals surface area contributed by atoms with Crippen LogP contribution >= 0.6 is 11.8 Å². The van der Waals surface area contributed by atoms with Gasteiger partial charge in [-0.15, -0.1) is 0 Å². The van der Waals surface area contributed by atoms with E-state index >= 15 is 0 Å². The first kappa shape index (κ1) is 8.89. The first-order valence-electron chi connectivity index (χ1n) is 4.97. The van der Waals surface area contributed by atoms with Crippen LogP contribution in [-0.2, 0) is 0 Å². The summed E-state index contributed by atoms with van der Waals surface area (Å²) in [5, 5.41) is 0. The summed E-state index contributed by atoms with van der Waals surface area (Å²) in [6, 6.07) is 0.487. The molecule has 1 saturated carbocycles. The van der Waals surface area contributed by atoms with E-state index in [9.17, 15) is 0 Å². The summed E-state index contributed by atoms with van der Waals surface area (Å²) in [5.74, 6) is 4.49. The second-order valence-electron chi connectivity index (χ2n) is 4.85. The van der Waals surface area contributed by atoms with Crippen molar-refractivity contribution in [2.45, 2.75) is 32.7 Å². The van der Waals surface area contributed by atoms with Crippen LogP contribution < -0.4 is 5.73 Å². The lowest BCUT2D eigenvalue weighted by Gasteiger charge is -2.22. The molecule has 1 aliphatic heterocycles. The molecule has 3 unspecified atom stereocenters. The molecule has 0 bridgehead atoms. The van der Waals surface area contributed by atoms with Crippen LogP contribution in [0.5, 0.6) is 0 Å². The van der Waals surface area contributed by atoms with Crippen LogP contribution in [-0.4, -0.2) is 17.5 Å². The number of nitrogens with two attached hydrogens (primary N) is 1. The van der Waals surface area contributed by atoms with E-state index in [2.05, 4.69) is 25.6 Å². The molecule has 2 aliphatic rings. The minimum atomic E-state index is 0.447. The second-order valence-corrected chi connectivity index (χ2v) is 6.00. The molecule has 12 heavy (non-hydrogen) atoms. The van der Waals surface area contributed by atoms with Crippen molar-refractivity contribution in [2.75, 3.05) is 11.5 Å². The maximum atomic E-state index is 6.07. The second kappa shape index (κ2) is 2.91. The Morgan fingerprint density at radius 3 is 2.50 bits per heavy atom. The van der Waals surface area contributed by atoms with Crippen LogP contribution in [0, 0.1) is 17.3 Å². The van der Waals surface area contributed by atoms with Crippen molar-refractivity contribution in [3.05, 3.63) is 0 Å². The van der Waals surface area contributed by atoms with E-state index in [1.54, 1.807) is 0 Å². The molecule has 0 aromatic rings. The van der Waals surface area contributed by atoms with Gasteiger partial charge in [0.15, 0.2) is 0 Å². The summed E-state index contributed by atoms with van der Waals surface area (Å²) in [6.45, 7) is 4.64. The van der Waals surface area contributed by atoms with Gasteiger partial charge in [0.1, 0.15) is 0 Å². The highest BCUT2D eigenvalue weighted by atomic mass is 32.2. The Morgan fingerprint density at radius 1 is 1.42 bits per heavy atom. The van der Waals surface area contributed by atoms with Crippen LogP contribution in [0.25, 0.3) is 0 Å². The van der Waals surface area contributed by atoms with Crippen LogP contribution in [0.2, 0.25) is 0 Å². The van der Waals surface area contributed by atoms with Crippen molar-refractivity contribution in [1.29, 1.82) is 0 Å². The average Bonchev–Trinajstić information content (AvgIpc) is 2.53. The van der Waals surface area contributed by atoms with Gasteiger partial charge in [0, 0.05) is 6.04 Å². The molecule has 1 aliphatic carbocycles. The first-order valence-corrected chi connectivity index (χ1v) is 6.13. The van der Waals surface area contributed by atoms with Crippen molar-refractivity contribution in [1.82, 2.24) is 0 Å². The summed E-state index contributed by atoms with van der Waals surface area (Å²) >= 11 is 2.12. The molecule has 0 aromatic heterocycles. The zero-order valence-corrected chi connectivity index (χ0v) is 8.86. The fourth-order valence-electron chi connectivity index (χ4n) is 2.67. The van der Waals surface area contributed by atoms with Crippen LogP contribution in [0.15, 0.2) is 0 Å². The number of hydrogen-bond donors (Lipinski definition) is 1. The molecular formula is C10H19NS. The summed E-state index contributed by atoms with van der Waals surface area (Å²) in [6.07, 6.45) is 2.84. The van der Waals surface area contributed by atoms with Crippen LogP contribution in [0.4, 0.5) is 0 Å². The Bertz CT molecular complexity index is 173. The summed E-state index contributed by atoms with van der Waals surface area (Å²) in [4.78, 5) is 0. The van der Waals surface area contributed by atoms with E-state index in [4.69, 9.17) is 5.73 Å². The largest absolute Gasteiger partial charge is 0.327 e. The maximum absolute atomic E-state index is 6.07.